The molecule has 36 heavy (non-hydrogen) atoms. The van der Waals surface area contributed by atoms with Crippen LogP contribution in [0.2, 0.25) is 0 Å². The summed E-state index contributed by atoms with van der Waals surface area (Å²) in [5.74, 6) is -5.15. The fraction of sp³-hybridized carbons (Fsp3) is 0.333. The van der Waals surface area contributed by atoms with E-state index in [1.54, 1.807) is 23.6 Å². The van der Waals surface area contributed by atoms with Crippen LogP contribution in [-0.4, -0.2) is 64.9 Å². The number of aliphatic carboxylic acids is 3. The Bertz CT molecular complexity index is 1090. The van der Waals surface area contributed by atoms with Gasteiger partial charge < -0.3 is 25.0 Å². The first-order valence-electron chi connectivity index (χ1n) is 10.9. The van der Waals surface area contributed by atoms with Crippen LogP contribution in [0.15, 0.2) is 59.8 Å². The zero-order valence-electron chi connectivity index (χ0n) is 19.4. The van der Waals surface area contributed by atoms with Crippen molar-refractivity contribution in [3.8, 4) is 0 Å². The van der Waals surface area contributed by atoms with Gasteiger partial charge in [0.1, 0.15) is 5.82 Å². The second kappa shape index (κ2) is 14.1. The molecule has 10 nitrogen and oxygen atoms in total. The normalized spacial score (nSPS) is 11.1. The molecule has 0 aliphatic carbocycles. The van der Waals surface area contributed by atoms with E-state index in [1.165, 1.54) is 11.6 Å². The van der Waals surface area contributed by atoms with Gasteiger partial charge >= 0.3 is 17.9 Å². The Balaban J connectivity index is 0.000000302. The highest BCUT2D eigenvalue weighted by Crippen LogP contribution is 2.16. The minimum Gasteiger partial charge on any atom is -0.481 e. The maximum atomic E-state index is 13.9. The third kappa shape index (κ3) is 9.94. The van der Waals surface area contributed by atoms with Crippen LogP contribution in [0, 0.1) is 5.82 Å². The van der Waals surface area contributed by atoms with Crippen LogP contribution in [-0.2, 0) is 34.0 Å². The second-order valence-electron chi connectivity index (χ2n) is 8.07. The number of carboxylic acids is 3. The molecule has 3 aromatic rings. The molecule has 0 unspecified atom stereocenters. The summed E-state index contributed by atoms with van der Waals surface area (Å²) in [5, 5.41) is 38.1. The van der Waals surface area contributed by atoms with E-state index in [9.17, 15) is 18.8 Å². The van der Waals surface area contributed by atoms with E-state index in [1.807, 2.05) is 24.7 Å². The quantitative estimate of drug-likeness (QED) is 0.266. The number of thiophene rings is 1. The van der Waals surface area contributed by atoms with Gasteiger partial charge in [-0.2, -0.15) is 11.3 Å². The lowest BCUT2D eigenvalue weighted by molar-refractivity contribution is -0.170. The van der Waals surface area contributed by atoms with Crippen molar-refractivity contribution in [2.24, 2.45) is 0 Å². The Morgan fingerprint density at radius 2 is 1.75 bits per heavy atom. The van der Waals surface area contributed by atoms with Crippen molar-refractivity contribution in [2.45, 2.75) is 44.5 Å². The summed E-state index contributed by atoms with van der Waals surface area (Å²) in [6, 6.07) is 9.16. The number of benzene rings is 1. The number of aryl methyl sites for hydroxylation is 1. The maximum Gasteiger partial charge on any atom is 0.336 e. The molecule has 0 saturated carbocycles. The van der Waals surface area contributed by atoms with E-state index in [0.29, 0.717) is 6.54 Å². The number of aliphatic hydroxyl groups is 1. The minimum atomic E-state index is -2.74. The molecule has 1 aromatic carbocycles. The largest absolute Gasteiger partial charge is 0.481 e. The molecule has 0 aliphatic heterocycles. The molecule has 0 atom stereocenters. The SMILES string of the molecule is Fc1ccccc1CN(CCCn1ccnc1)Cc1ccsc1.O=C(O)CC(O)(CC(=O)O)C(=O)O. The van der Waals surface area contributed by atoms with Gasteiger partial charge in [-0.15, -0.1) is 0 Å². The molecule has 0 spiro atoms. The first-order chi connectivity index (χ1) is 17.1. The number of hydrogen-bond acceptors (Lipinski definition) is 7. The molecule has 2 aromatic heterocycles. The number of rotatable bonds is 13. The predicted octanol–water partition coefficient (Wildman–Crippen LogP) is 2.93. The van der Waals surface area contributed by atoms with Crippen molar-refractivity contribution in [3.05, 3.63) is 76.8 Å². The van der Waals surface area contributed by atoms with Crippen molar-refractivity contribution in [2.75, 3.05) is 6.54 Å². The fourth-order valence-electron chi connectivity index (χ4n) is 3.33. The summed E-state index contributed by atoms with van der Waals surface area (Å²) in [5.41, 5.74) is -0.697. The molecule has 194 valence electrons. The van der Waals surface area contributed by atoms with E-state index in [-0.39, 0.29) is 5.82 Å². The van der Waals surface area contributed by atoms with E-state index >= 15 is 0 Å². The first-order valence-corrected chi connectivity index (χ1v) is 11.9. The number of carbonyl (C=O) groups is 3. The number of imidazole rings is 1. The van der Waals surface area contributed by atoms with E-state index in [4.69, 9.17) is 20.4 Å². The molecule has 3 rings (SSSR count). The summed E-state index contributed by atoms with van der Waals surface area (Å²) >= 11 is 1.70. The Morgan fingerprint density at radius 1 is 1.06 bits per heavy atom. The summed E-state index contributed by atoms with van der Waals surface area (Å²) in [4.78, 5) is 36.8. The van der Waals surface area contributed by atoms with Crippen LogP contribution < -0.4 is 0 Å². The predicted molar refractivity (Wildman–Crippen MR) is 129 cm³/mol. The van der Waals surface area contributed by atoms with Gasteiger partial charge in [-0.25, -0.2) is 14.2 Å². The van der Waals surface area contributed by atoms with Crippen molar-refractivity contribution in [1.82, 2.24) is 14.5 Å². The van der Waals surface area contributed by atoms with Gasteiger partial charge in [-0.1, -0.05) is 18.2 Å². The van der Waals surface area contributed by atoms with Crippen LogP contribution >= 0.6 is 11.3 Å². The molecule has 4 N–H and O–H groups in total. The summed E-state index contributed by atoms with van der Waals surface area (Å²) in [6.07, 6.45) is 4.32. The fourth-order valence-corrected chi connectivity index (χ4v) is 3.99. The first kappa shape index (κ1) is 28.6. The third-order valence-corrected chi connectivity index (χ3v) is 5.81. The number of hydrogen-bond donors (Lipinski definition) is 4. The monoisotopic (exact) mass is 521 g/mol. The zero-order chi connectivity index (χ0) is 26.6. The average molecular weight is 522 g/mol. The molecular formula is C24H28FN3O7S. The van der Waals surface area contributed by atoms with Gasteiger partial charge in [0.15, 0.2) is 5.60 Å². The third-order valence-electron chi connectivity index (χ3n) is 5.07. The molecular weight excluding hydrogens is 493 g/mol. The van der Waals surface area contributed by atoms with Crippen LogP contribution in [0.5, 0.6) is 0 Å². The van der Waals surface area contributed by atoms with Gasteiger partial charge in [0, 0.05) is 44.1 Å². The van der Waals surface area contributed by atoms with Crippen LogP contribution in [0.4, 0.5) is 4.39 Å². The Kier molecular flexibility index (Phi) is 11.2. The summed E-state index contributed by atoms with van der Waals surface area (Å²) in [7, 11) is 0. The number of halogens is 1. The Hall–Kier alpha value is -3.61. The van der Waals surface area contributed by atoms with Gasteiger partial charge in [-0.05, 0) is 34.9 Å². The van der Waals surface area contributed by atoms with Crippen molar-refractivity contribution in [1.29, 1.82) is 0 Å². The second-order valence-corrected chi connectivity index (χ2v) is 8.85. The average Bonchev–Trinajstić information content (AvgIpc) is 3.49. The number of aromatic nitrogens is 2. The van der Waals surface area contributed by atoms with E-state index in [2.05, 4.69) is 31.3 Å². The molecule has 0 bridgehead atoms. The highest BCUT2D eigenvalue weighted by atomic mass is 32.1. The highest BCUT2D eigenvalue weighted by molar-refractivity contribution is 7.07. The molecule has 0 saturated heterocycles. The maximum absolute atomic E-state index is 13.9. The topological polar surface area (TPSA) is 153 Å². The van der Waals surface area contributed by atoms with Gasteiger partial charge in [0.25, 0.3) is 0 Å². The highest BCUT2D eigenvalue weighted by Gasteiger charge is 2.40. The lowest BCUT2D eigenvalue weighted by Crippen LogP contribution is -2.42. The Morgan fingerprint density at radius 3 is 2.28 bits per heavy atom. The zero-order valence-corrected chi connectivity index (χ0v) is 20.2. The lowest BCUT2D eigenvalue weighted by Gasteiger charge is -2.22. The summed E-state index contributed by atoms with van der Waals surface area (Å²) in [6.45, 7) is 3.33. The van der Waals surface area contributed by atoms with Crippen LogP contribution in [0.25, 0.3) is 0 Å². The van der Waals surface area contributed by atoms with Crippen molar-refractivity contribution in [3.63, 3.8) is 0 Å². The smallest absolute Gasteiger partial charge is 0.336 e. The molecule has 12 heteroatoms. The molecule has 2 heterocycles. The van der Waals surface area contributed by atoms with Crippen molar-refractivity contribution >= 4 is 29.2 Å². The van der Waals surface area contributed by atoms with Gasteiger partial charge in [-0.3, -0.25) is 14.5 Å². The van der Waals surface area contributed by atoms with E-state index < -0.39 is 36.4 Å². The van der Waals surface area contributed by atoms with Gasteiger partial charge in [0.2, 0.25) is 0 Å². The van der Waals surface area contributed by atoms with Crippen LogP contribution in [0.1, 0.15) is 30.4 Å². The lowest BCUT2D eigenvalue weighted by atomic mass is 9.96. The molecule has 0 amide bonds. The number of nitrogens with zero attached hydrogens (tertiary/aromatic N) is 3. The minimum absolute atomic E-state index is 0.127. The van der Waals surface area contributed by atoms with Crippen molar-refractivity contribution < 1.29 is 39.2 Å². The standard InChI is InChI=1S/C18H20FN3S.C6H8O7/c19-18-5-2-1-4-17(18)13-22(12-16-6-11-23-14-16)9-3-8-21-10-7-20-15-21;7-3(8)1-6(13,5(11)12)2-4(9)10/h1-2,4-7,10-11,14-15H,3,8-9,12-13H2;13H,1-2H2,(H,7,8)(H,9,10)(H,11,12). The summed E-state index contributed by atoms with van der Waals surface area (Å²) < 4.78 is 16.0. The molecule has 0 fully saturated rings. The molecule has 0 radical (unpaired) electrons. The molecule has 0 aliphatic rings. The van der Waals surface area contributed by atoms with Crippen LogP contribution in [0.3, 0.4) is 0 Å². The number of carboxylic acid groups (broad SMARTS) is 3. The van der Waals surface area contributed by atoms with Gasteiger partial charge in [0.05, 0.1) is 19.2 Å². The Labute approximate surface area is 210 Å². The van der Waals surface area contributed by atoms with E-state index in [0.717, 1.165) is 31.6 Å².